The van der Waals surface area contributed by atoms with Crippen LogP contribution in [0.2, 0.25) is 10.0 Å². The lowest BCUT2D eigenvalue weighted by molar-refractivity contribution is 0.222. The molecular weight excluding hydrogens is 303 g/mol. The minimum atomic E-state index is -0.947. The third-order valence-electron chi connectivity index (χ3n) is 3.00. The van der Waals surface area contributed by atoms with Gasteiger partial charge in [0.2, 0.25) is 0 Å². The van der Waals surface area contributed by atoms with Crippen molar-refractivity contribution in [1.29, 1.82) is 0 Å². The standard InChI is InChI=1S/C15H13Cl3O/c16-12-5-1-10(2-6-12)9-14(15(18)19)11-3-7-13(17)8-4-11/h1-8,14-15,19H,9H2. The zero-order valence-corrected chi connectivity index (χ0v) is 12.3. The van der Waals surface area contributed by atoms with Gasteiger partial charge in [-0.05, 0) is 41.8 Å². The molecule has 1 N–H and O–H groups in total. The predicted molar refractivity (Wildman–Crippen MR) is 81.2 cm³/mol. The lowest BCUT2D eigenvalue weighted by atomic mass is 9.92. The number of halogens is 3. The fourth-order valence-corrected chi connectivity index (χ4v) is 2.44. The van der Waals surface area contributed by atoms with Gasteiger partial charge in [-0.25, -0.2) is 0 Å². The molecule has 2 unspecified atom stereocenters. The van der Waals surface area contributed by atoms with Gasteiger partial charge in [0.05, 0.1) is 0 Å². The van der Waals surface area contributed by atoms with Crippen LogP contribution < -0.4 is 0 Å². The Bertz CT molecular complexity index is 520. The first-order valence-electron chi connectivity index (χ1n) is 5.88. The highest BCUT2D eigenvalue weighted by Crippen LogP contribution is 2.28. The van der Waals surface area contributed by atoms with Crippen molar-refractivity contribution in [3.8, 4) is 0 Å². The minimum absolute atomic E-state index is 0.180. The summed E-state index contributed by atoms with van der Waals surface area (Å²) < 4.78 is 0. The van der Waals surface area contributed by atoms with E-state index < -0.39 is 5.56 Å². The van der Waals surface area contributed by atoms with Crippen LogP contribution in [0.5, 0.6) is 0 Å². The molecule has 0 amide bonds. The summed E-state index contributed by atoms with van der Waals surface area (Å²) in [6.45, 7) is 0. The molecule has 2 rings (SSSR count). The maximum atomic E-state index is 9.76. The van der Waals surface area contributed by atoms with Crippen LogP contribution in [0.25, 0.3) is 0 Å². The van der Waals surface area contributed by atoms with Crippen LogP contribution in [0.1, 0.15) is 17.0 Å². The van der Waals surface area contributed by atoms with E-state index in [1.807, 2.05) is 36.4 Å². The van der Waals surface area contributed by atoms with E-state index in [0.29, 0.717) is 16.5 Å². The highest BCUT2D eigenvalue weighted by molar-refractivity contribution is 6.30. The SMILES string of the molecule is OC(Cl)C(Cc1ccc(Cl)cc1)c1ccc(Cl)cc1. The van der Waals surface area contributed by atoms with E-state index in [1.54, 1.807) is 12.1 Å². The molecule has 0 radical (unpaired) electrons. The number of rotatable bonds is 4. The van der Waals surface area contributed by atoms with Gasteiger partial charge in [0.15, 0.2) is 0 Å². The molecule has 100 valence electrons. The van der Waals surface area contributed by atoms with Gasteiger partial charge in [-0.3, -0.25) is 0 Å². The molecule has 0 aliphatic heterocycles. The Hall–Kier alpha value is -0.730. The van der Waals surface area contributed by atoms with E-state index in [-0.39, 0.29) is 5.92 Å². The number of hydrogen-bond donors (Lipinski definition) is 1. The van der Waals surface area contributed by atoms with Crippen molar-refractivity contribution in [2.45, 2.75) is 17.9 Å². The van der Waals surface area contributed by atoms with E-state index in [0.717, 1.165) is 11.1 Å². The highest BCUT2D eigenvalue weighted by atomic mass is 35.5. The monoisotopic (exact) mass is 314 g/mol. The first kappa shape index (κ1) is 14.7. The van der Waals surface area contributed by atoms with Gasteiger partial charge in [-0.15, -0.1) is 0 Å². The molecule has 0 saturated carbocycles. The molecule has 19 heavy (non-hydrogen) atoms. The summed E-state index contributed by atoms with van der Waals surface area (Å²) in [7, 11) is 0. The molecule has 2 aromatic carbocycles. The molecule has 4 heteroatoms. The van der Waals surface area contributed by atoms with Crippen LogP contribution in [0.4, 0.5) is 0 Å². The summed E-state index contributed by atoms with van der Waals surface area (Å²) in [6, 6.07) is 14.9. The molecule has 2 atom stereocenters. The molecule has 0 spiro atoms. The normalized spacial score (nSPS) is 14.1. The zero-order valence-electron chi connectivity index (χ0n) is 10.1. The van der Waals surface area contributed by atoms with Crippen molar-refractivity contribution >= 4 is 34.8 Å². The smallest absolute Gasteiger partial charge is 0.135 e. The molecule has 0 saturated heterocycles. The maximum absolute atomic E-state index is 9.76. The third-order valence-corrected chi connectivity index (χ3v) is 3.81. The second-order valence-corrected chi connectivity index (χ2v) is 5.68. The van der Waals surface area contributed by atoms with E-state index in [9.17, 15) is 5.11 Å². The summed E-state index contributed by atoms with van der Waals surface area (Å²) in [5.41, 5.74) is 1.09. The number of aliphatic hydroxyl groups is 1. The lowest BCUT2D eigenvalue weighted by Gasteiger charge is -2.19. The summed E-state index contributed by atoms with van der Waals surface area (Å²) in [5, 5.41) is 11.1. The fraction of sp³-hybridized carbons (Fsp3) is 0.200. The fourth-order valence-electron chi connectivity index (χ4n) is 1.96. The first-order valence-corrected chi connectivity index (χ1v) is 7.07. The Balaban J connectivity index is 2.21. The Morgan fingerprint density at radius 3 is 1.79 bits per heavy atom. The van der Waals surface area contributed by atoms with Gasteiger partial charge in [-0.2, -0.15) is 0 Å². The Labute approximate surface area is 127 Å². The predicted octanol–water partition coefficient (Wildman–Crippen LogP) is 4.88. The molecule has 0 heterocycles. The van der Waals surface area contributed by atoms with Crippen molar-refractivity contribution in [2.75, 3.05) is 0 Å². The molecule has 0 aliphatic carbocycles. The van der Waals surface area contributed by atoms with Crippen molar-refractivity contribution in [3.05, 3.63) is 69.7 Å². The average Bonchev–Trinajstić information content (AvgIpc) is 2.39. The van der Waals surface area contributed by atoms with E-state index in [4.69, 9.17) is 34.8 Å². The van der Waals surface area contributed by atoms with Gasteiger partial charge in [0.1, 0.15) is 5.56 Å². The van der Waals surface area contributed by atoms with E-state index in [1.165, 1.54) is 0 Å². The molecular formula is C15H13Cl3O. The summed E-state index contributed by atoms with van der Waals surface area (Å²) >= 11 is 17.6. The van der Waals surface area contributed by atoms with Crippen molar-refractivity contribution in [1.82, 2.24) is 0 Å². The van der Waals surface area contributed by atoms with E-state index in [2.05, 4.69) is 0 Å². The van der Waals surface area contributed by atoms with E-state index >= 15 is 0 Å². The van der Waals surface area contributed by atoms with Crippen LogP contribution in [-0.4, -0.2) is 10.7 Å². The number of aliphatic hydroxyl groups excluding tert-OH is 1. The highest BCUT2D eigenvalue weighted by Gasteiger charge is 2.19. The molecule has 0 fully saturated rings. The first-order chi connectivity index (χ1) is 9.06. The van der Waals surface area contributed by atoms with Gasteiger partial charge in [0, 0.05) is 16.0 Å². The minimum Gasteiger partial charge on any atom is -0.377 e. The molecule has 0 aromatic heterocycles. The quantitative estimate of drug-likeness (QED) is 0.798. The van der Waals surface area contributed by atoms with Gasteiger partial charge in [0.25, 0.3) is 0 Å². The topological polar surface area (TPSA) is 20.2 Å². The van der Waals surface area contributed by atoms with Gasteiger partial charge >= 0.3 is 0 Å². The van der Waals surface area contributed by atoms with Crippen molar-refractivity contribution < 1.29 is 5.11 Å². The molecule has 1 nitrogen and oxygen atoms in total. The van der Waals surface area contributed by atoms with Crippen LogP contribution in [0.15, 0.2) is 48.5 Å². The van der Waals surface area contributed by atoms with Crippen LogP contribution in [0, 0.1) is 0 Å². The lowest BCUT2D eigenvalue weighted by Crippen LogP contribution is -2.15. The van der Waals surface area contributed by atoms with Crippen molar-refractivity contribution in [2.24, 2.45) is 0 Å². The maximum Gasteiger partial charge on any atom is 0.135 e. The number of hydrogen-bond acceptors (Lipinski definition) is 1. The Morgan fingerprint density at radius 2 is 1.32 bits per heavy atom. The Kier molecular flexibility index (Phi) is 5.12. The van der Waals surface area contributed by atoms with Gasteiger partial charge < -0.3 is 5.11 Å². The molecule has 0 bridgehead atoms. The van der Waals surface area contributed by atoms with Crippen LogP contribution in [-0.2, 0) is 6.42 Å². The van der Waals surface area contributed by atoms with Gasteiger partial charge in [-0.1, -0.05) is 59.1 Å². The largest absolute Gasteiger partial charge is 0.377 e. The van der Waals surface area contributed by atoms with Crippen LogP contribution >= 0.6 is 34.8 Å². The summed E-state index contributed by atoms with van der Waals surface area (Å²) in [6.07, 6.45) is 0.642. The average molecular weight is 316 g/mol. The zero-order chi connectivity index (χ0) is 13.8. The molecule has 0 aliphatic rings. The number of benzene rings is 2. The second-order valence-electron chi connectivity index (χ2n) is 4.36. The number of alkyl halides is 1. The second kappa shape index (κ2) is 6.62. The summed E-state index contributed by atoms with van der Waals surface area (Å²) in [5.74, 6) is -0.180. The molecule has 2 aromatic rings. The van der Waals surface area contributed by atoms with Crippen LogP contribution in [0.3, 0.4) is 0 Å². The van der Waals surface area contributed by atoms with Crippen molar-refractivity contribution in [3.63, 3.8) is 0 Å². The third kappa shape index (κ3) is 4.12. The Morgan fingerprint density at radius 1 is 0.842 bits per heavy atom. The summed E-state index contributed by atoms with van der Waals surface area (Å²) in [4.78, 5) is 0.